The van der Waals surface area contributed by atoms with Gasteiger partial charge >= 0.3 is 6.09 Å². The van der Waals surface area contributed by atoms with Crippen molar-refractivity contribution in [3.63, 3.8) is 0 Å². The highest BCUT2D eigenvalue weighted by molar-refractivity contribution is 7.12. The van der Waals surface area contributed by atoms with Crippen molar-refractivity contribution in [2.45, 2.75) is 46.3 Å². The van der Waals surface area contributed by atoms with Gasteiger partial charge in [-0.1, -0.05) is 19.9 Å². The fraction of sp³-hybridized carbons (Fsp3) is 0.381. The zero-order chi connectivity index (χ0) is 22.5. The zero-order valence-corrected chi connectivity index (χ0v) is 18.4. The SMILES string of the molecule is CC(C)C(NC(=O)c1cccs1)C(=O)Nc1ccc(F)c(NC(=O)OC(C)(C)C)c1. The number of rotatable bonds is 6. The predicted octanol–water partition coefficient (Wildman–Crippen LogP) is 4.63. The van der Waals surface area contributed by atoms with Crippen molar-refractivity contribution < 1.29 is 23.5 Å². The molecule has 0 aliphatic rings. The Morgan fingerprint density at radius 1 is 1.10 bits per heavy atom. The lowest BCUT2D eigenvalue weighted by molar-refractivity contribution is -0.118. The quantitative estimate of drug-likeness (QED) is 0.616. The van der Waals surface area contributed by atoms with Crippen LogP contribution in [0, 0.1) is 11.7 Å². The average molecular weight is 436 g/mol. The third-order valence-electron chi connectivity index (χ3n) is 3.85. The van der Waals surface area contributed by atoms with Crippen LogP contribution in [0.3, 0.4) is 0 Å². The second-order valence-electron chi connectivity index (χ2n) is 7.98. The van der Waals surface area contributed by atoms with Gasteiger partial charge in [-0.2, -0.15) is 0 Å². The number of nitrogens with one attached hydrogen (secondary N) is 3. The molecule has 0 saturated carbocycles. The summed E-state index contributed by atoms with van der Waals surface area (Å²) in [5.74, 6) is -1.66. The Kier molecular flexibility index (Phi) is 7.55. The van der Waals surface area contributed by atoms with Gasteiger partial charge in [-0.05, 0) is 56.3 Å². The van der Waals surface area contributed by atoms with Crippen LogP contribution in [0.5, 0.6) is 0 Å². The molecule has 1 atom stereocenters. The molecule has 2 rings (SSSR count). The number of hydrogen-bond donors (Lipinski definition) is 3. The third-order valence-corrected chi connectivity index (χ3v) is 4.72. The summed E-state index contributed by atoms with van der Waals surface area (Å²) in [6, 6.07) is 6.40. The van der Waals surface area contributed by atoms with Gasteiger partial charge in [0, 0.05) is 5.69 Å². The van der Waals surface area contributed by atoms with Crippen LogP contribution in [0.1, 0.15) is 44.3 Å². The largest absolute Gasteiger partial charge is 0.444 e. The first-order valence-electron chi connectivity index (χ1n) is 9.41. The summed E-state index contributed by atoms with van der Waals surface area (Å²) >= 11 is 1.28. The molecular formula is C21H26FN3O4S. The molecule has 1 unspecified atom stereocenters. The fourth-order valence-electron chi connectivity index (χ4n) is 2.49. The summed E-state index contributed by atoms with van der Waals surface area (Å²) in [6.07, 6.45) is -0.812. The van der Waals surface area contributed by atoms with Gasteiger partial charge in [-0.15, -0.1) is 11.3 Å². The maximum atomic E-state index is 14.1. The lowest BCUT2D eigenvalue weighted by Crippen LogP contribution is -2.46. The number of carbonyl (C=O) groups is 3. The first-order valence-corrected chi connectivity index (χ1v) is 10.3. The Bertz CT molecular complexity index is 907. The number of carbonyl (C=O) groups excluding carboxylic acids is 3. The van der Waals surface area contributed by atoms with Crippen LogP contribution in [0.15, 0.2) is 35.7 Å². The van der Waals surface area contributed by atoms with Gasteiger partial charge in [0.25, 0.3) is 5.91 Å². The number of benzene rings is 1. The molecule has 9 heteroatoms. The standard InChI is InChI=1S/C21H26FN3O4S/c1-12(2)17(25-18(26)16-7-6-10-30-16)19(27)23-13-8-9-14(22)15(11-13)24-20(28)29-21(3,4)5/h6-12,17H,1-5H3,(H,23,27)(H,24,28)(H,25,26). The van der Waals surface area contributed by atoms with Crippen molar-refractivity contribution >= 4 is 40.6 Å². The van der Waals surface area contributed by atoms with Gasteiger partial charge < -0.3 is 15.4 Å². The minimum Gasteiger partial charge on any atom is -0.444 e. The smallest absolute Gasteiger partial charge is 0.412 e. The van der Waals surface area contributed by atoms with Gasteiger partial charge in [0.15, 0.2) is 0 Å². The average Bonchev–Trinajstić information content (AvgIpc) is 3.15. The number of halogens is 1. The Hall–Kier alpha value is -2.94. The lowest BCUT2D eigenvalue weighted by Gasteiger charge is -2.22. The molecule has 3 N–H and O–H groups in total. The molecule has 2 aromatic rings. The molecule has 1 aromatic heterocycles. The summed E-state index contributed by atoms with van der Waals surface area (Å²) in [5, 5.41) is 9.47. The van der Waals surface area contributed by atoms with E-state index in [1.54, 1.807) is 52.1 Å². The highest BCUT2D eigenvalue weighted by Crippen LogP contribution is 2.21. The van der Waals surface area contributed by atoms with E-state index in [0.717, 1.165) is 6.07 Å². The molecular weight excluding hydrogens is 409 g/mol. The molecule has 0 spiro atoms. The molecule has 0 saturated heterocycles. The number of thiophene rings is 1. The van der Waals surface area contributed by atoms with E-state index in [2.05, 4.69) is 16.0 Å². The molecule has 1 heterocycles. The summed E-state index contributed by atoms with van der Waals surface area (Å²) in [4.78, 5) is 37.5. The topological polar surface area (TPSA) is 96.5 Å². The van der Waals surface area contributed by atoms with Gasteiger partial charge in [0.1, 0.15) is 17.5 Å². The summed E-state index contributed by atoms with van der Waals surface area (Å²) in [6.45, 7) is 8.68. The highest BCUT2D eigenvalue weighted by Gasteiger charge is 2.25. The number of anilines is 2. The number of amides is 3. The first kappa shape index (κ1) is 23.3. The minimum atomic E-state index is -0.812. The second kappa shape index (κ2) is 9.71. The molecule has 3 amide bonds. The van der Waals surface area contributed by atoms with E-state index in [1.807, 2.05) is 0 Å². The third kappa shape index (κ3) is 6.84. The predicted molar refractivity (Wildman–Crippen MR) is 115 cm³/mol. The van der Waals surface area contributed by atoms with Crippen LogP contribution in [0.4, 0.5) is 20.6 Å². The van der Waals surface area contributed by atoms with Gasteiger partial charge in [-0.25, -0.2) is 9.18 Å². The van der Waals surface area contributed by atoms with E-state index in [9.17, 15) is 18.8 Å². The Labute approximate surface area is 179 Å². The molecule has 0 aliphatic carbocycles. The fourth-order valence-corrected chi connectivity index (χ4v) is 3.11. The van der Waals surface area contributed by atoms with Gasteiger partial charge in [0.05, 0.1) is 10.6 Å². The maximum absolute atomic E-state index is 14.1. The van der Waals surface area contributed by atoms with E-state index < -0.39 is 29.5 Å². The normalized spacial score (nSPS) is 12.2. The van der Waals surface area contributed by atoms with Crippen LogP contribution in [0.25, 0.3) is 0 Å². The molecule has 1 aromatic carbocycles. The maximum Gasteiger partial charge on any atom is 0.412 e. The monoisotopic (exact) mass is 435 g/mol. The van der Waals surface area contributed by atoms with Crippen molar-refractivity contribution in [1.82, 2.24) is 5.32 Å². The summed E-state index contributed by atoms with van der Waals surface area (Å²) < 4.78 is 19.2. The van der Waals surface area contributed by atoms with Crippen LogP contribution in [-0.2, 0) is 9.53 Å². The van der Waals surface area contributed by atoms with E-state index in [4.69, 9.17) is 4.74 Å². The summed E-state index contributed by atoms with van der Waals surface area (Å²) in [7, 11) is 0. The van der Waals surface area contributed by atoms with Crippen LogP contribution in [-0.4, -0.2) is 29.6 Å². The molecule has 162 valence electrons. The molecule has 0 fully saturated rings. The highest BCUT2D eigenvalue weighted by atomic mass is 32.1. The lowest BCUT2D eigenvalue weighted by atomic mass is 10.0. The van der Waals surface area contributed by atoms with Gasteiger partial charge in [-0.3, -0.25) is 14.9 Å². The van der Waals surface area contributed by atoms with Crippen LogP contribution in [0.2, 0.25) is 0 Å². The van der Waals surface area contributed by atoms with Crippen molar-refractivity contribution in [1.29, 1.82) is 0 Å². The Morgan fingerprint density at radius 2 is 1.80 bits per heavy atom. The molecule has 30 heavy (non-hydrogen) atoms. The van der Waals surface area contributed by atoms with E-state index in [0.29, 0.717) is 4.88 Å². The van der Waals surface area contributed by atoms with Gasteiger partial charge in [0.2, 0.25) is 5.91 Å². The Morgan fingerprint density at radius 3 is 2.37 bits per heavy atom. The molecule has 0 bridgehead atoms. The van der Waals surface area contributed by atoms with Crippen molar-refractivity contribution in [3.05, 3.63) is 46.4 Å². The Balaban J connectivity index is 2.10. The molecule has 0 aliphatic heterocycles. The van der Waals surface area contributed by atoms with Crippen molar-refractivity contribution in [2.75, 3.05) is 10.6 Å². The van der Waals surface area contributed by atoms with Crippen LogP contribution < -0.4 is 16.0 Å². The first-order chi connectivity index (χ1) is 14.0. The molecule has 7 nitrogen and oxygen atoms in total. The second-order valence-corrected chi connectivity index (χ2v) is 8.93. The van der Waals surface area contributed by atoms with Crippen molar-refractivity contribution in [2.24, 2.45) is 5.92 Å². The summed E-state index contributed by atoms with van der Waals surface area (Å²) in [5.41, 5.74) is -0.605. The van der Waals surface area contributed by atoms with E-state index in [1.165, 1.54) is 23.5 Å². The molecule has 0 radical (unpaired) electrons. The zero-order valence-electron chi connectivity index (χ0n) is 17.5. The van der Waals surface area contributed by atoms with Crippen molar-refractivity contribution in [3.8, 4) is 0 Å². The van der Waals surface area contributed by atoms with E-state index >= 15 is 0 Å². The van der Waals surface area contributed by atoms with E-state index in [-0.39, 0.29) is 23.2 Å². The minimum absolute atomic E-state index is 0.134. The number of ether oxygens (including phenoxy) is 1. The number of hydrogen-bond acceptors (Lipinski definition) is 5. The van der Waals surface area contributed by atoms with Crippen LogP contribution >= 0.6 is 11.3 Å².